The van der Waals surface area contributed by atoms with Gasteiger partial charge in [0.05, 0.1) is 12.5 Å². The summed E-state index contributed by atoms with van der Waals surface area (Å²) in [6.07, 6.45) is 0.256. The van der Waals surface area contributed by atoms with Gasteiger partial charge in [-0.2, -0.15) is 0 Å². The lowest BCUT2D eigenvalue weighted by Gasteiger charge is -2.36. The molecular weight excluding hydrogens is 543 g/mol. The van der Waals surface area contributed by atoms with Crippen LogP contribution >= 0.6 is 11.6 Å². The molecule has 4 rings (SSSR count). The van der Waals surface area contributed by atoms with Crippen LogP contribution in [0.15, 0.2) is 0 Å². The Morgan fingerprint density at radius 1 is 1.23 bits per heavy atom. The lowest BCUT2D eigenvalue weighted by Crippen LogP contribution is -2.60. The second-order valence-electron chi connectivity index (χ2n) is 11.8. The van der Waals surface area contributed by atoms with Gasteiger partial charge in [-0.25, -0.2) is 18.2 Å². The maximum absolute atomic E-state index is 13.8. The Balaban J connectivity index is 1.54. The van der Waals surface area contributed by atoms with Crippen molar-refractivity contribution in [3.63, 3.8) is 0 Å². The summed E-state index contributed by atoms with van der Waals surface area (Å²) in [5, 5.41) is 5.77. The number of fused-ring (bicyclic) bond motifs is 1. The van der Waals surface area contributed by atoms with Crippen molar-refractivity contribution in [2.45, 2.75) is 70.6 Å². The van der Waals surface area contributed by atoms with E-state index in [-0.39, 0.29) is 36.2 Å². The van der Waals surface area contributed by atoms with Crippen molar-refractivity contribution in [2.75, 3.05) is 19.6 Å². The maximum atomic E-state index is 13.8. The van der Waals surface area contributed by atoms with Gasteiger partial charge in [-0.15, -0.1) is 0 Å². The van der Waals surface area contributed by atoms with Crippen molar-refractivity contribution in [3.8, 4) is 0 Å². The van der Waals surface area contributed by atoms with Gasteiger partial charge in [-0.1, -0.05) is 45.7 Å². The van der Waals surface area contributed by atoms with Gasteiger partial charge in [0.15, 0.2) is 0 Å². The molecule has 10 nitrogen and oxygen atoms in total. The molecule has 5 amide bonds. The smallest absolute Gasteiger partial charge is 0.291 e. The van der Waals surface area contributed by atoms with Crippen LogP contribution in [0, 0.1) is 35.0 Å². The van der Waals surface area contributed by atoms with E-state index in [1.165, 1.54) is 4.90 Å². The fourth-order valence-electron chi connectivity index (χ4n) is 5.97. The Hall–Kier alpha value is -2.57. The van der Waals surface area contributed by atoms with Crippen LogP contribution in [0.25, 0.3) is 0 Å². The van der Waals surface area contributed by atoms with Gasteiger partial charge in [0.2, 0.25) is 17.7 Å². The minimum absolute atomic E-state index is 0.0510. The molecule has 0 aromatic carbocycles. The summed E-state index contributed by atoms with van der Waals surface area (Å²) in [5.41, 5.74) is -0.383. The number of rotatable bonds is 9. The maximum Gasteiger partial charge on any atom is 0.291 e. The monoisotopic (exact) mass is 577 g/mol. The molecule has 4 fully saturated rings. The Morgan fingerprint density at radius 2 is 1.87 bits per heavy atom. The van der Waals surface area contributed by atoms with E-state index in [0.717, 1.165) is 0 Å². The second-order valence-corrected chi connectivity index (χ2v) is 12.2. The first-order chi connectivity index (χ1) is 18.1. The number of amides is 5. The van der Waals surface area contributed by atoms with Gasteiger partial charge in [0.25, 0.3) is 23.4 Å². The highest BCUT2D eigenvalue weighted by Crippen LogP contribution is 2.65. The number of hydrogen-bond acceptors (Lipinski definition) is 5. The van der Waals surface area contributed by atoms with Crippen molar-refractivity contribution in [1.82, 2.24) is 26.0 Å². The summed E-state index contributed by atoms with van der Waals surface area (Å²) in [7, 11) is 0. The normalized spacial score (nSPS) is 31.8. The third kappa shape index (κ3) is 5.55. The van der Waals surface area contributed by atoms with Crippen molar-refractivity contribution < 1.29 is 37.1 Å². The number of hydrazine groups is 1. The van der Waals surface area contributed by atoms with Gasteiger partial charge in [-0.05, 0) is 29.6 Å². The Labute approximate surface area is 229 Å². The molecule has 218 valence electrons. The number of hydrogen-bond donors (Lipinski definition) is 3. The van der Waals surface area contributed by atoms with Gasteiger partial charge >= 0.3 is 0 Å². The van der Waals surface area contributed by atoms with Crippen LogP contribution in [0.2, 0.25) is 0 Å². The van der Waals surface area contributed by atoms with E-state index >= 15 is 0 Å². The lowest BCUT2D eigenvalue weighted by atomic mass is 9.95. The van der Waals surface area contributed by atoms with E-state index < -0.39 is 71.4 Å². The van der Waals surface area contributed by atoms with Crippen LogP contribution in [-0.4, -0.2) is 82.7 Å². The molecule has 39 heavy (non-hydrogen) atoms. The van der Waals surface area contributed by atoms with E-state index in [4.69, 9.17) is 11.6 Å². The third-order valence-corrected chi connectivity index (χ3v) is 9.13. The van der Waals surface area contributed by atoms with Crippen LogP contribution in [0.4, 0.5) is 13.2 Å². The fraction of sp³-hybridized carbons (Fsp3) is 0.800. The van der Waals surface area contributed by atoms with Crippen LogP contribution in [0.1, 0.15) is 47.0 Å². The number of piperidine rings is 1. The molecule has 0 aromatic rings. The van der Waals surface area contributed by atoms with Crippen LogP contribution in [0.5, 0.6) is 0 Å². The zero-order chi connectivity index (χ0) is 29.0. The first-order valence-electron chi connectivity index (χ1n) is 13.3. The Morgan fingerprint density at radius 3 is 2.38 bits per heavy atom. The van der Waals surface area contributed by atoms with Gasteiger partial charge < -0.3 is 15.5 Å². The standard InChI is InChI=1S/C25H35ClF3N5O5/c1-5-11(2)16(31-20(36)13-8-25(13,28)29)22(38)33-10-14-15(24(14,3)4)17(33)21(37)32-34(23(39)18(26)27)9-12-6-7-30-19(12)35/h11-18H,5-10H2,1-4H3,(H,30,35)(H,31,36)(H,32,37)/t11-,12-,13+,14-,15-,16-,17-,18-/m0/s1. The molecule has 0 aromatic heterocycles. The van der Waals surface area contributed by atoms with E-state index in [1.807, 2.05) is 13.8 Å². The second kappa shape index (κ2) is 10.4. The Bertz CT molecular complexity index is 1060. The molecule has 2 saturated heterocycles. The van der Waals surface area contributed by atoms with Crippen molar-refractivity contribution in [1.29, 1.82) is 0 Å². The molecule has 0 unspecified atom stereocenters. The summed E-state index contributed by atoms with van der Waals surface area (Å²) in [5.74, 6) is -9.86. The zero-order valence-electron chi connectivity index (χ0n) is 22.3. The predicted octanol–water partition coefficient (Wildman–Crippen LogP) is 1.19. The average Bonchev–Trinajstić information content (AvgIpc) is 3.42. The number of nitrogens with one attached hydrogen (secondary N) is 3. The molecule has 0 radical (unpaired) electrons. The number of halogens is 4. The number of alkyl halides is 4. The molecule has 8 atom stereocenters. The highest BCUT2D eigenvalue weighted by molar-refractivity contribution is 6.29. The highest BCUT2D eigenvalue weighted by Gasteiger charge is 2.70. The van der Waals surface area contributed by atoms with Gasteiger partial charge in [-0.3, -0.25) is 29.4 Å². The molecule has 2 aliphatic heterocycles. The first-order valence-corrected chi connectivity index (χ1v) is 13.7. The molecule has 0 bridgehead atoms. The molecule has 2 aliphatic carbocycles. The summed E-state index contributed by atoms with van der Waals surface area (Å²) >= 11 is 5.37. The molecule has 4 aliphatic rings. The predicted molar refractivity (Wildman–Crippen MR) is 132 cm³/mol. The van der Waals surface area contributed by atoms with Crippen molar-refractivity contribution in [2.24, 2.45) is 35.0 Å². The molecular formula is C25H35ClF3N5O5. The van der Waals surface area contributed by atoms with Crippen LogP contribution < -0.4 is 16.1 Å². The minimum atomic E-state index is -3.10. The summed E-state index contributed by atoms with van der Waals surface area (Å²) in [6, 6.07) is -2.20. The molecule has 0 spiro atoms. The Kier molecular flexibility index (Phi) is 7.87. The van der Waals surface area contributed by atoms with Crippen LogP contribution in [-0.2, 0) is 24.0 Å². The third-order valence-electron chi connectivity index (χ3n) is 8.94. The van der Waals surface area contributed by atoms with E-state index in [1.54, 1.807) is 13.8 Å². The quantitative estimate of drug-likeness (QED) is 0.280. The number of carbonyl (C=O) groups is 5. The summed E-state index contributed by atoms with van der Waals surface area (Å²) in [6.45, 7) is 7.64. The number of nitrogens with zero attached hydrogens (tertiary/aromatic N) is 2. The highest BCUT2D eigenvalue weighted by atomic mass is 35.5. The number of likely N-dealkylation sites (tertiary alicyclic amines) is 1. The van der Waals surface area contributed by atoms with E-state index in [0.29, 0.717) is 24.4 Å². The molecule has 2 saturated carbocycles. The molecule has 2 heterocycles. The number of carbonyl (C=O) groups excluding carboxylic acids is 5. The van der Waals surface area contributed by atoms with Crippen molar-refractivity contribution >= 4 is 41.1 Å². The first kappa shape index (κ1) is 29.4. The topological polar surface area (TPSA) is 128 Å². The van der Waals surface area contributed by atoms with Crippen molar-refractivity contribution in [3.05, 3.63) is 0 Å². The van der Waals surface area contributed by atoms with Gasteiger partial charge in [0.1, 0.15) is 18.0 Å². The molecule has 3 N–H and O–H groups in total. The van der Waals surface area contributed by atoms with E-state index in [9.17, 15) is 37.1 Å². The summed E-state index contributed by atoms with van der Waals surface area (Å²) in [4.78, 5) is 65.7. The minimum Gasteiger partial charge on any atom is -0.356 e. The fourth-order valence-corrected chi connectivity index (χ4v) is 6.09. The molecule has 14 heteroatoms. The summed E-state index contributed by atoms with van der Waals surface area (Å²) < 4.78 is 40.8. The lowest BCUT2D eigenvalue weighted by molar-refractivity contribution is -0.150. The van der Waals surface area contributed by atoms with E-state index in [2.05, 4.69) is 16.1 Å². The zero-order valence-corrected chi connectivity index (χ0v) is 23.1. The average molecular weight is 578 g/mol. The van der Waals surface area contributed by atoms with Gasteiger partial charge in [0, 0.05) is 19.5 Å². The SMILES string of the molecule is CC[C@H](C)[C@H](NC(=O)[C@H]1CC1(F)F)C(=O)N1C[C@H]2[C@@H]([C@H]1C(=O)NN(C[C@@H]1CCNC1=O)C(=O)[C@H](F)Cl)C2(C)C. The largest absolute Gasteiger partial charge is 0.356 e. The van der Waals surface area contributed by atoms with Crippen LogP contribution in [0.3, 0.4) is 0 Å².